The van der Waals surface area contributed by atoms with E-state index in [1.165, 1.54) is 0 Å². The molecule has 8 heteroatoms. The van der Waals surface area contributed by atoms with Gasteiger partial charge in [-0.05, 0) is 27.7 Å². The molecule has 7 nitrogen and oxygen atoms in total. The van der Waals surface area contributed by atoms with Gasteiger partial charge in [0.2, 0.25) is 5.15 Å². The molecule has 0 aliphatic heterocycles. The van der Waals surface area contributed by atoms with Gasteiger partial charge in [0.15, 0.2) is 0 Å². The van der Waals surface area contributed by atoms with Crippen LogP contribution in [-0.4, -0.2) is 45.0 Å². The minimum atomic E-state index is -0.639. The van der Waals surface area contributed by atoms with Crippen molar-refractivity contribution in [3.8, 4) is 5.88 Å². The van der Waals surface area contributed by atoms with Gasteiger partial charge in [-0.2, -0.15) is 4.98 Å². The van der Waals surface area contributed by atoms with Gasteiger partial charge >= 0.3 is 5.69 Å². The van der Waals surface area contributed by atoms with Crippen molar-refractivity contribution in [1.29, 1.82) is 0 Å². The monoisotopic (exact) mass is 302 g/mol. The van der Waals surface area contributed by atoms with E-state index >= 15 is 0 Å². The number of ether oxygens (including phenoxy) is 1. The molecule has 1 heterocycles. The molecule has 20 heavy (non-hydrogen) atoms. The van der Waals surface area contributed by atoms with E-state index in [9.17, 15) is 10.1 Å². The fraction of sp³-hybridized carbons (Fsp3) is 0.667. The van der Waals surface area contributed by atoms with E-state index in [-0.39, 0.29) is 11.0 Å². The third-order valence-electron chi connectivity index (χ3n) is 2.84. The lowest BCUT2D eigenvalue weighted by atomic mass is 10.2. The van der Waals surface area contributed by atoms with Gasteiger partial charge in [-0.3, -0.25) is 15.0 Å². The lowest BCUT2D eigenvalue weighted by Gasteiger charge is -2.30. The standard InChI is InChI=1S/C12H19ClN4O3/c1-8(2)16(9(3)4)5-6-20-12-10(17(18)19)11(13)14-7-15-12/h7-9H,5-6H2,1-4H3. The molecule has 112 valence electrons. The molecular weight excluding hydrogens is 284 g/mol. The van der Waals surface area contributed by atoms with Gasteiger partial charge in [-0.15, -0.1) is 0 Å². The highest BCUT2D eigenvalue weighted by Crippen LogP contribution is 2.30. The zero-order valence-corrected chi connectivity index (χ0v) is 12.8. The zero-order chi connectivity index (χ0) is 15.3. The first-order chi connectivity index (χ1) is 9.34. The molecule has 1 rings (SSSR count). The average molecular weight is 303 g/mol. The summed E-state index contributed by atoms with van der Waals surface area (Å²) in [6.45, 7) is 9.29. The summed E-state index contributed by atoms with van der Waals surface area (Å²) in [5.41, 5.74) is -0.394. The molecule has 0 aliphatic rings. The summed E-state index contributed by atoms with van der Waals surface area (Å²) in [4.78, 5) is 19.8. The molecule has 0 atom stereocenters. The SMILES string of the molecule is CC(C)N(CCOc1ncnc(Cl)c1[N+](=O)[O-])C(C)C. The van der Waals surface area contributed by atoms with Crippen LogP contribution in [0, 0.1) is 10.1 Å². The molecule has 0 aliphatic carbocycles. The van der Waals surface area contributed by atoms with Crippen LogP contribution < -0.4 is 4.74 Å². The highest BCUT2D eigenvalue weighted by molar-refractivity contribution is 6.31. The summed E-state index contributed by atoms with van der Waals surface area (Å²) in [5.74, 6) is -0.0949. The van der Waals surface area contributed by atoms with Crippen molar-refractivity contribution in [1.82, 2.24) is 14.9 Å². The summed E-state index contributed by atoms with van der Waals surface area (Å²) in [6, 6.07) is 0.727. The molecule has 1 aromatic rings. The van der Waals surface area contributed by atoms with E-state index in [1.807, 2.05) is 0 Å². The minimum Gasteiger partial charge on any atom is -0.471 e. The van der Waals surface area contributed by atoms with Crippen LogP contribution in [0.1, 0.15) is 27.7 Å². The van der Waals surface area contributed by atoms with Gasteiger partial charge in [-0.25, -0.2) is 4.98 Å². The Balaban J connectivity index is 2.71. The highest BCUT2D eigenvalue weighted by Gasteiger charge is 2.23. The van der Waals surface area contributed by atoms with Gasteiger partial charge in [0.1, 0.15) is 12.9 Å². The first-order valence-electron chi connectivity index (χ1n) is 6.38. The van der Waals surface area contributed by atoms with Gasteiger partial charge in [0.05, 0.1) is 4.92 Å². The number of nitro groups is 1. The molecule has 0 aromatic carbocycles. The van der Waals surface area contributed by atoms with Gasteiger partial charge in [0.25, 0.3) is 5.88 Å². The lowest BCUT2D eigenvalue weighted by Crippen LogP contribution is -2.39. The summed E-state index contributed by atoms with van der Waals surface area (Å²) in [5, 5.41) is 10.7. The van der Waals surface area contributed by atoms with Crippen molar-refractivity contribution < 1.29 is 9.66 Å². The molecular formula is C12H19ClN4O3. The van der Waals surface area contributed by atoms with Crippen molar-refractivity contribution in [2.24, 2.45) is 0 Å². The van der Waals surface area contributed by atoms with E-state index < -0.39 is 10.6 Å². The Morgan fingerprint density at radius 2 is 1.95 bits per heavy atom. The van der Waals surface area contributed by atoms with E-state index in [4.69, 9.17) is 16.3 Å². The van der Waals surface area contributed by atoms with E-state index in [0.29, 0.717) is 25.2 Å². The van der Waals surface area contributed by atoms with Crippen LogP contribution in [0.5, 0.6) is 5.88 Å². The molecule has 0 bridgehead atoms. The van der Waals surface area contributed by atoms with Crippen LogP contribution in [0.25, 0.3) is 0 Å². The third-order valence-corrected chi connectivity index (χ3v) is 3.12. The van der Waals surface area contributed by atoms with Crippen LogP contribution in [-0.2, 0) is 0 Å². The lowest BCUT2D eigenvalue weighted by molar-refractivity contribution is -0.386. The number of hydrogen-bond acceptors (Lipinski definition) is 6. The summed E-state index contributed by atoms with van der Waals surface area (Å²) in [7, 11) is 0. The fourth-order valence-corrected chi connectivity index (χ4v) is 2.16. The number of halogens is 1. The molecule has 0 fully saturated rings. The predicted octanol–water partition coefficient (Wildman–Crippen LogP) is 2.54. The largest absolute Gasteiger partial charge is 0.471 e. The predicted molar refractivity (Wildman–Crippen MR) is 76.2 cm³/mol. The van der Waals surface area contributed by atoms with E-state index in [0.717, 1.165) is 6.33 Å². The third kappa shape index (κ3) is 4.28. The smallest absolute Gasteiger partial charge is 0.367 e. The fourth-order valence-electron chi connectivity index (χ4n) is 1.96. The summed E-state index contributed by atoms with van der Waals surface area (Å²) < 4.78 is 5.39. The average Bonchev–Trinajstić information content (AvgIpc) is 2.33. The maximum absolute atomic E-state index is 10.9. The second-order valence-corrected chi connectivity index (χ2v) is 5.21. The first kappa shape index (κ1) is 16.6. The van der Waals surface area contributed by atoms with Crippen LogP contribution in [0.3, 0.4) is 0 Å². The highest BCUT2D eigenvalue weighted by atomic mass is 35.5. The topological polar surface area (TPSA) is 81.4 Å². The Morgan fingerprint density at radius 3 is 2.45 bits per heavy atom. The number of nitrogens with zero attached hydrogens (tertiary/aromatic N) is 4. The van der Waals surface area contributed by atoms with Crippen molar-refractivity contribution >= 4 is 17.3 Å². The Labute approximate surface area is 123 Å². The van der Waals surface area contributed by atoms with Crippen LogP contribution in [0.15, 0.2) is 6.33 Å². The second-order valence-electron chi connectivity index (χ2n) is 4.85. The molecule has 0 radical (unpaired) electrons. The minimum absolute atomic E-state index is 0.0949. The number of aromatic nitrogens is 2. The van der Waals surface area contributed by atoms with Crippen molar-refractivity contribution in [2.75, 3.05) is 13.2 Å². The Hall–Kier alpha value is -1.47. The van der Waals surface area contributed by atoms with Crippen LogP contribution >= 0.6 is 11.6 Å². The molecule has 0 N–H and O–H groups in total. The Morgan fingerprint density at radius 1 is 1.35 bits per heavy atom. The molecule has 0 spiro atoms. The summed E-state index contributed by atoms with van der Waals surface area (Å²) in [6.07, 6.45) is 1.15. The molecule has 1 aromatic heterocycles. The zero-order valence-electron chi connectivity index (χ0n) is 12.0. The van der Waals surface area contributed by atoms with Crippen molar-refractivity contribution in [3.05, 3.63) is 21.6 Å². The summed E-state index contributed by atoms with van der Waals surface area (Å²) >= 11 is 5.68. The normalized spacial score (nSPS) is 11.4. The van der Waals surface area contributed by atoms with Gasteiger partial charge in [-0.1, -0.05) is 11.6 Å². The first-order valence-corrected chi connectivity index (χ1v) is 6.75. The van der Waals surface area contributed by atoms with Gasteiger partial charge in [0, 0.05) is 18.6 Å². The van der Waals surface area contributed by atoms with E-state index in [2.05, 4.69) is 42.6 Å². The maximum atomic E-state index is 10.9. The molecule has 0 saturated heterocycles. The molecule has 0 unspecified atom stereocenters. The molecule has 0 amide bonds. The number of rotatable bonds is 7. The van der Waals surface area contributed by atoms with Gasteiger partial charge < -0.3 is 4.74 Å². The van der Waals surface area contributed by atoms with Crippen LogP contribution in [0.4, 0.5) is 5.69 Å². The second kappa shape index (κ2) is 7.35. The Bertz CT molecular complexity index is 460. The number of hydrogen-bond donors (Lipinski definition) is 0. The van der Waals surface area contributed by atoms with Crippen molar-refractivity contribution in [3.63, 3.8) is 0 Å². The van der Waals surface area contributed by atoms with E-state index in [1.54, 1.807) is 0 Å². The Kier molecular flexibility index (Phi) is 6.09. The van der Waals surface area contributed by atoms with Crippen molar-refractivity contribution in [2.45, 2.75) is 39.8 Å². The molecule has 0 saturated carbocycles. The maximum Gasteiger partial charge on any atom is 0.367 e. The van der Waals surface area contributed by atoms with Crippen LogP contribution in [0.2, 0.25) is 5.15 Å². The quantitative estimate of drug-likeness (QED) is 0.437.